The van der Waals surface area contributed by atoms with Crippen LogP contribution in [0.25, 0.3) is 72.5 Å². The Morgan fingerprint density at radius 1 is 0.509 bits per heavy atom. The molecule has 0 spiro atoms. The van der Waals surface area contributed by atoms with Crippen LogP contribution in [0.3, 0.4) is 0 Å². The van der Waals surface area contributed by atoms with E-state index in [1.165, 1.54) is 0 Å². The Labute approximate surface area is 319 Å². The molecule has 0 bridgehead atoms. The van der Waals surface area contributed by atoms with Crippen molar-refractivity contribution in [3.8, 4) is 68.3 Å². The van der Waals surface area contributed by atoms with Crippen LogP contribution in [-0.2, 0) is 5.41 Å². The summed E-state index contributed by atoms with van der Waals surface area (Å²) in [5, 5.41) is 11.9. The number of para-hydroxylation sites is 1. The molecule has 1 aliphatic rings. The molecule has 0 aliphatic carbocycles. The Balaban J connectivity index is 1.06. The summed E-state index contributed by atoms with van der Waals surface area (Å²) < 4.78 is 9.09. The predicted octanol–water partition coefficient (Wildman–Crippen LogP) is 12.5. The summed E-state index contributed by atoms with van der Waals surface area (Å²) in [7, 11) is 0. The highest BCUT2D eigenvalue weighted by Crippen LogP contribution is 2.50. The molecule has 5 nitrogen and oxygen atoms in total. The molecule has 0 N–H and O–H groups in total. The van der Waals surface area contributed by atoms with Crippen molar-refractivity contribution < 1.29 is 4.74 Å². The Bertz CT molecular complexity index is 2920. The lowest BCUT2D eigenvalue weighted by Gasteiger charge is -2.35. The van der Waals surface area contributed by atoms with Crippen molar-refractivity contribution in [3.05, 3.63) is 187 Å². The third kappa shape index (κ3) is 5.47. The van der Waals surface area contributed by atoms with Gasteiger partial charge in [-0.3, -0.25) is 0 Å². The van der Waals surface area contributed by atoms with E-state index in [1.54, 1.807) is 0 Å². The Kier molecular flexibility index (Phi) is 7.47. The van der Waals surface area contributed by atoms with Gasteiger partial charge in [0.15, 0.2) is 5.82 Å². The molecule has 7 aromatic carbocycles. The summed E-state index contributed by atoms with van der Waals surface area (Å²) in [5.74, 6) is 2.27. The van der Waals surface area contributed by atoms with Gasteiger partial charge in [-0.2, -0.15) is 5.26 Å². The maximum atomic E-state index is 9.77. The van der Waals surface area contributed by atoms with Gasteiger partial charge in [-0.05, 0) is 71.8 Å². The summed E-state index contributed by atoms with van der Waals surface area (Å²) in [6.07, 6.45) is 0. The molecule has 0 atom stereocenters. The van der Waals surface area contributed by atoms with Gasteiger partial charge in [-0.1, -0.05) is 123 Å². The zero-order chi connectivity index (χ0) is 37.1. The minimum atomic E-state index is -0.303. The van der Waals surface area contributed by atoms with Gasteiger partial charge in [0.2, 0.25) is 0 Å². The van der Waals surface area contributed by atoms with Crippen LogP contribution < -0.4 is 4.74 Å². The number of hydrogen-bond donors (Lipinski definition) is 0. The standard InChI is InChI=1S/C50H34N4O/c1-50(2)41-22-19-36(35-21-25-46-40(27-35)39-26-32(31-51)18-24-45(39)54(46)38-16-10-5-11-17-38)28-47(41)55-48-29-37(20-23-42(48)50)49-52-43(33-12-6-3-7-13-33)30-44(53-49)34-14-8-4-9-15-34/h3-30H,1-2H3. The second-order valence-corrected chi connectivity index (χ2v) is 14.6. The van der Waals surface area contributed by atoms with Crippen LogP contribution in [-0.4, -0.2) is 14.5 Å². The van der Waals surface area contributed by atoms with Gasteiger partial charge in [-0.15, -0.1) is 0 Å². The van der Waals surface area contributed by atoms with Gasteiger partial charge >= 0.3 is 0 Å². The normalized spacial score (nSPS) is 12.8. The van der Waals surface area contributed by atoms with Crippen LogP contribution in [0.1, 0.15) is 30.5 Å². The SMILES string of the molecule is CC1(C)c2ccc(-c3ccc4c(c3)c3cc(C#N)ccc3n4-c3ccccc3)cc2Oc2cc(-c3nc(-c4ccccc4)cc(-c4ccccc4)n3)ccc21. The molecule has 260 valence electrons. The first-order valence-electron chi connectivity index (χ1n) is 18.5. The van der Waals surface area contributed by atoms with Gasteiger partial charge in [0.25, 0.3) is 0 Å². The fraction of sp³-hybridized carbons (Fsp3) is 0.0600. The van der Waals surface area contributed by atoms with Crippen molar-refractivity contribution in [1.82, 2.24) is 14.5 Å². The van der Waals surface area contributed by atoms with Gasteiger partial charge in [0, 0.05) is 49.7 Å². The lowest BCUT2D eigenvalue weighted by atomic mass is 9.75. The van der Waals surface area contributed by atoms with Crippen LogP contribution in [0.15, 0.2) is 170 Å². The van der Waals surface area contributed by atoms with Gasteiger partial charge in [0.05, 0.1) is 34.1 Å². The second-order valence-electron chi connectivity index (χ2n) is 14.6. The third-order valence-corrected chi connectivity index (χ3v) is 10.9. The highest BCUT2D eigenvalue weighted by molar-refractivity contribution is 6.11. The molecule has 1 aliphatic heterocycles. The van der Waals surface area contributed by atoms with E-state index in [4.69, 9.17) is 14.7 Å². The van der Waals surface area contributed by atoms with Crippen LogP contribution >= 0.6 is 0 Å². The van der Waals surface area contributed by atoms with Crippen molar-refractivity contribution in [2.75, 3.05) is 0 Å². The van der Waals surface area contributed by atoms with E-state index in [9.17, 15) is 5.26 Å². The number of rotatable bonds is 5. The molecule has 0 saturated carbocycles. The van der Waals surface area contributed by atoms with Crippen molar-refractivity contribution in [2.24, 2.45) is 0 Å². The number of aromatic nitrogens is 3. The smallest absolute Gasteiger partial charge is 0.160 e. The lowest BCUT2D eigenvalue weighted by molar-refractivity contribution is 0.418. The van der Waals surface area contributed by atoms with E-state index in [0.717, 1.165) is 89.3 Å². The van der Waals surface area contributed by atoms with Crippen molar-refractivity contribution >= 4 is 21.8 Å². The monoisotopic (exact) mass is 706 g/mol. The molecule has 0 saturated heterocycles. The van der Waals surface area contributed by atoms with Gasteiger partial charge < -0.3 is 9.30 Å². The maximum absolute atomic E-state index is 9.77. The van der Waals surface area contributed by atoms with E-state index in [-0.39, 0.29) is 5.41 Å². The minimum absolute atomic E-state index is 0.303. The summed E-state index contributed by atoms with van der Waals surface area (Å²) in [4.78, 5) is 10.1. The molecule has 55 heavy (non-hydrogen) atoms. The van der Waals surface area contributed by atoms with Crippen molar-refractivity contribution in [1.29, 1.82) is 5.26 Å². The predicted molar refractivity (Wildman–Crippen MR) is 221 cm³/mol. The topological polar surface area (TPSA) is 63.7 Å². The Morgan fingerprint density at radius 2 is 1.02 bits per heavy atom. The summed E-state index contributed by atoms with van der Waals surface area (Å²) in [5.41, 5.74) is 12.6. The summed E-state index contributed by atoms with van der Waals surface area (Å²) in [6, 6.07) is 60.7. The molecule has 0 unspecified atom stereocenters. The lowest BCUT2D eigenvalue weighted by Crippen LogP contribution is -2.24. The fourth-order valence-electron chi connectivity index (χ4n) is 8.05. The molecule has 0 radical (unpaired) electrons. The average molecular weight is 707 g/mol. The quantitative estimate of drug-likeness (QED) is 0.179. The zero-order valence-corrected chi connectivity index (χ0v) is 30.4. The van der Waals surface area contributed by atoms with Crippen LogP contribution in [0.4, 0.5) is 0 Å². The van der Waals surface area contributed by atoms with E-state index in [0.29, 0.717) is 11.4 Å². The van der Waals surface area contributed by atoms with Crippen LogP contribution in [0, 0.1) is 11.3 Å². The number of nitriles is 1. The molecule has 3 heterocycles. The zero-order valence-electron chi connectivity index (χ0n) is 30.4. The van der Waals surface area contributed by atoms with Gasteiger partial charge in [-0.25, -0.2) is 9.97 Å². The molecular formula is C50H34N4O. The Morgan fingerprint density at radius 3 is 1.64 bits per heavy atom. The molecule has 0 fully saturated rings. The average Bonchev–Trinajstić information content (AvgIpc) is 3.57. The molecular weight excluding hydrogens is 673 g/mol. The first-order valence-corrected chi connectivity index (χ1v) is 18.5. The number of benzene rings is 7. The number of fused-ring (bicyclic) bond motifs is 5. The highest BCUT2D eigenvalue weighted by Gasteiger charge is 2.35. The van der Waals surface area contributed by atoms with E-state index in [2.05, 4.69) is 134 Å². The number of ether oxygens (including phenoxy) is 1. The molecule has 5 heteroatoms. The molecule has 10 rings (SSSR count). The molecule has 2 aromatic heterocycles. The molecule has 9 aromatic rings. The Hall–Kier alpha value is -7.29. The van der Waals surface area contributed by atoms with E-state index >= 15 is 0 Å². The number of nitrogens with zero attached hydrogens (tertiary/aromatic N) is 4. The van der Waals surface area contributed by atoms with Crippen LogP contribution in [0.5, 0.6) is 11.5 Å². The number of hydrogen-bond acceptors (Lipinski definition) is 4. The summed E-state index contributed by atoms with van der Waals surface area (Å²) >= 11 is 0. The van der Waals surface area contributed by atoms with Crippen molar-refractivity contribution in [3.63, 3.8) is 0 Å². The van der Waals surface area contributed by atoms with E-state index in [1.807, 2.05) is 60.7 Å². The van der Waals surface area contributed by atoms with Gasteiger partial charge in [0.1, 0.15) is 11.5 Å². The van der Waals surface area contributed by atoms with E-state index < -0.39 is 0 Å². The molecule has 0 amide bonds. The largest absolute Gasteiger partial charge is 0.457 e. The summed E-state index contributed by atoms with van der Waals surface area (Å²) in [6.45, 7) is 4.51. The third-order valence-electron chi connectivity index (χ3n) is 10.9. The maximum Gasteiger partial charge on any atom is 0.160 e. The second kappa shape index (κ2) is 12.7. The first-order chi connectivity index (χ1) is 26.9. The first kappa shape index (κ1) is 32.4. The fourth-order valence-corrected chi connectivity index (χ4v) is 8.05. The van der Waals surface area contributed by atoms with Crippen LogP contribution in [0.2, 0.25) is 0 Å². The highest BCUT2D eigenvalue weighted by atomic mass is 16.5. The van der Waals surface area contributed by atoms with Crippen molar-refractivity contribution in [2.45, 2.75) is 19.3 Å². The minimum Gasteiger partial charge on any atom is -0.457 e.